The molecule has 0 aromatic carbocycles. The first-order valence-corrected chi connectivity index (χ1v) is 6.13. The Kier molecular flexibility index (Phi) is 2.78. The van der Waals surface area contributed by atoms with Crippen LogP contribution in [0.3, 0.4) is 0 Å². The number of fused-ring (bicyclic) bond motifs is 1. The minimum atomic E-state index is 0.498. The second-order valence-electron chi connectivity index (χ2n) is 4.54. The Morgan fingerprint density at radius 1 is 1.35 bits per heavy atom. The number of nitrogens with one attached hydrogen (secondary N) is 1. The van der Waals surface area contributed by atoms with E-state index in [9.17, 15) is 0 Å². The van der Waals surface area contributed by atoms with Crippen LogP contribution in [-0.2, 0) is 6.54 Å². The van der Waals surface area contributed by atoms with Gasteiger partial charge >= 0.3 is 0 Å². The fourth-order valence-corrected chi connectivity index (χ4v) is 2.32. The second-order valence-corrected chi connectivity index (χ2v) is 4.54. The number of pyridine rings is 1. The Hall–Kier alpha value is -1.46. The second kappa shape index (κ2) is 4.43. The summed E-state index contributed by atoms with van der Waals surface area (Å²) in [5.41, 5.74) is 7.62. The number of hydrogen-bond acceptors (Lipinski definition) is 4. The highest BCUT2D eigenvalue weighted by Crippen LogP contribution is 2.22. The summed E-state index contributed by atoms with van der Waals surface area (Å²) in [4.78, 5) is 4.60. The molecule has 0 unspecified atom stereocenters. The van der Waals surface area contributed by atoms with Crippen LogP contribution in [0.2, 0.25) is 0 Å². The van der Waals surface area contributed by atoms with Gasteiger partial charge in [-0.15, -0.1) is 0 Å². The third-order valence-corrected chi connectivity index (χ3v) is 3.35. The van der Waals surface area contributed by atoms with Crippen molar-refractivity contribution in [2.24, 2.45) is 5.73 Å². The van der Waals surface area contributed by atoms with Gasteiger partial charge in [0, 0.05) is 18.7 Å². The molecule has 0 atom stereocenters. The molecule has 90 valence electrons. The van der Waals surface area contributed by atoms with Crippen molar-refractivity contribution in [3.63, 3.8) is 0 Å². The van der Waals surface area contributed by atoms with Crippen molar-refractivity contribution in [1.82, 2.24) is 19.9 Å². The lowest BCUT2D eigenvalue weighted by Crippen LogP contribution is -2.27. The molecule has 1 fully saturated rings. The molecule has 1 aliphatic rings. The van der Waals surface area contributed by atoms with Crippen molar-refractivity contribution in [1.29, 1.82) is 0 Å². The summed E-state index contributed by atoms with van der Waals surface area (Å²) in [6, 6.07) is 4.00. The third kappa shape index (κ3) is 2.03. The number of aromatic nitrogens is 3. The van der Waals surface area contributed by atoms with Crippen LogP contribution >= 0.6 is 0 Å². The van der Waals surface area contributed by atoms with E-state index in [0.29, 0.717) is 12.5 Å². The molecular formula is C12H17N5. The lowest BCUT2D eigenvalue weighted by molar-refractivity contribution is 0.445. The minimum absolute atomic E-state index is 0.498. The Balaban J connectivity index is 1.95. The van der Waals surface area contributed by atoms with Crippen LogP contribution in [0.5, 0.6) is 0 Å². The molecule has 0 amide bonds. The maximum Gasteiger partial charge on any atom is 0.155 e. The number of hydrogen-bond donors (Lipinski definition) is 2. The van der Waals surface area contributed by atoms with Crippen molar-refractivity contribution < 1.29 is 0 Å². The van der Waals surface area contributed by atoms with Crippen LogP contribution in [0.15, 0.2) is 18.3 Å². The van der Waals surface area contributed by atoms with Crippen molar-refractivity contribution in [3.05, 3.63) is 29.7 Å². The van der Waals surface area contributed by atoms with Crippen molar-refractivity contribution >= 4 is 5.65 Å². The number of rotatable bonds is 2. The lowest BCUT2D eigenvalue weighted by Gasteiger charge is -2.19. The average molecular weight is 231 g/mol. The summed E-state index contributed by atoms with van der Waals surface area (Å²) in [5, 5.41) is 7.92. The van der Waals surface area contributed by atoms with E-state index in [-0.39, 0.29) is 0 Å². The zero-order valence-electron chi connectivity index (χ0n) is 9.76. The molecule has 17 heavy (non-hydrogen) atoms. The Morgan fingerprint density at radius 2 is 2.18 bits per heavy atom. The summed E-state index contributed by atoms with van der Waals surface area (Å²) in [6.07, 6.45) is 4.22. The summed E-state index contributed by atoms with van der Waals surface area (Å²) in [7, 11) is 0. The van der Waals surface area contributed by atoms with E-state index in [1.54, 1.807) is 0 Å². The number of piperidine rings is 1. The summed E-state index contributed by atoms with van der Waals surface area (Å²) in [6.45, 7) is 2.67. The fourth-order valence-electron chi connectivity index (χ4n) is 2.32. The topological polar surface area (TPSA) is 68.2 Å². The van der Waals surface area contributed by atoms with E-state index in [4.69, 9.17) is 5.73 Å². The van der Waals surface area contributed by atoms with E-state index < -0.39 is 0 Å². The zero-order valence-corrected chi connectivity index (χ0v) is 9.76. The van der Waals surface area contributed by atoms with Crippen LogP contribution in [0.1, 0.15) is 30.1 Å². The molecule has 5 nitrogen and oxygen atoms in total. The smallest absolute Gasteiger partial charge is 0.155 e. The lowest BCUT2D eigenvalue weighted by atomic mass is 9.98. The Bertz CT molecular complexity index is 513. The van der Waals surface area contributed by atoms with Gasteiger partial charge in [-0.05, 0) is 37.6 Å². The first-order chi connectivity index (χ1) is 8.36. The molecule has 1 aliphatic heterocycles. The molecule has 3 heterocycles. The molecule has 0 saturated carbocycles. The van der Waals surface area contributed by atoms with Gasteiger partial charge in [-0.3, -0.25) is 0 Å². The van der Waals surface area contributed by atoms with Gasteiger partial charge in [-0.1, -0.05) is 6.07 Å². The minimum Gasteiger partial charge on any atom is -0.326 e. The first kappa shape index (κ1) is 10.7. The molecule has 2 aromatic rings. The van der Waals surface area contributed by atoms with E-state index >= 15 is 0 Å². The largest absolute Gasteiger partial charge is 0.326 e. The SMILES string of the molecule is NCc1ccc2nc(C3CCNCC3)nn2c1. The summed E-state index contributed by atoms with van der Waals surface area (Å²) >= 11 is 0. The predicted molar refractivity (Wildman–Crippen MR) is 65.7 cm³/mol. The van der Waals surface area contributed by atoms with Gasteiger partial charge < -0.3 is 11.1 Å². The molecule has 1 saturated heterocycles. The molecule has 5 heteroatoms. The van der Waals surface area contributed by atoms with Crippen LogP contribution in [0.25, 0.3) is 5.65 Å². The summed E-state index contributed by atoms with van der Waals surface area (Å²) < 4.78 is 1.85. The van der Waals surface area contributed by atoms with Crippen molar-refractivity contribution in [2.45, 2.75) is 25.3 Å². The van der Waals surface area contributed by atoms with E-state index in [0.717, 1.165) is 43.0 Å². The quantitative estimate of drug-likeness (QED) is 0.796. The maximum absolute atomic E-state index is 5.62. The van der Waals surface area contributed by atoms with Gasteiger partial charge in [0.25, 0.3) is 0 Å². The van der Waals surface area contributed by atoms with E-state index in [2.05, 4.69) is 15.4 Å². The van der Waals surface area contributed by atoms with Crippen LogP contribution < -0.4 is 11.1 Å². The highest BCUT2D eigenvalue weighted by atomic mass is 15.3. The standard InChI is InChI=1S/C12H17N5/c13-7-9-1-2-11-15-12(16-17(11)8-9)10-3-5-14-6-4-10/h1-2,8,10,14H,3-7,13H2. The molecule has 2 aromatic heterocycles. The van der Waals surface area contributed by atoms with Crippen LogP contribution in [0, 0.1) is 0 Å². The molecule has 3 N–H and O–H groups in total. The van der Waals surface area contributed by atoms with Gasteiger partial charge in [0.15, 0.2) is 11.5 Å². The van der Waals surface area contributed by atoms with Gasteiger partial charge in [0.2, 0.25) is 0 Å². The zero-order chi connectivity index (χ0) is 11.7. The van der Waals surface area contributed by atoms with Gasteiger partial charge in [-0.25, -0.2) is 9.50 Å². The third-order valence-electron chi connectivity index (χ3n) is 3.35. The van der Waals surface area contributed by atoms with Crippen LogP contribution in [0.4, 0.5) is 0 Å². The Morgan fingerprint density at radius 3 is 2.94 bits per heavy atom. The molecule has 0 spiro atoms. The summed E-state index contributed by atoms with van der Waals surface area (Å²) in [5.74, 6) is 1.47. The highest BCUT2D eigenvalue weighted by Gasteiger charge is 2.19. The number of nitrogens with two attached hydrogens (primary N) is 1. The van der Waals surface area contributed by atoms with Gasteiger partial charge in [0.1, 0.15) is 0 Å². The first-order valence-electron chi connectivity index (χ1n) is 6.13. The van der Waals surface area contributed by atoms with Crippen LogP contribution in [-0.4, -0.2) is 27.7 Å². The molecule has 0 bridgehead atoms. The number of nitrogens with zero attached hydrogens (tertiary/aromatic N) is 3. The van der Waals surface area contributed by atoms with Gasteiger partial charge in [0.05, 0.1) is 0 Å². The normalized spacial score (nSPS) is 17.7. The molecule has 0 radical (unpaired) electrons. The average Bonchev–Trinajstić information content (AvgIpc) is 2.82. The molecular weight excluding hydrogens is 214 g/mol. The van der Waals surface area contributed by atoms with E-state index in [1.807, 2.05) is 22.8 Å². The Labute approximate surface area is 100 Å². The molecule has 3 rings (SSSR count). The molecule has 0 aliphatic carbocycles. The maximum atomic E-state index is 5.62. The van der Waals surface area contributed by atoms with E-state index in [1.165, 1.54) is 0 Å². The van der Waals surface area contributed by atoms with Crippen molar-refractivity contribution in [2.75, 3.05) is 13.1 Å². The predicted octanol–water partition coefficient (Wildman–Crippen LogP) is 0.655. The monoisotopic (exact) mass is 231 g/mol. The van der Waals surface area contributed by atoms with Crippen molar-refractivity contribution in [3.8, 4) is 0 Å². The van der Waals surface area contributed by atoms with Gasteiger partial charge in [-0.2, -0.15) is 5.10 Å². The highest BCUT2D eigenvalue weighted by molar-refractivity contribution is 5.39. The fraction of sp³-hybridized carbons (Fsp3) is 0.500.